The Bertz CT molecular complexity index is 313. The maximum absolute atomic E-state index is 6.17. The maximum Gasteiger partial charge on any atom is 0.461 e. The first kappa shape index (κ1) is 14.6. The Labute approximate surface area is 117 Å². The van der Waals surface area contributed by atoms with E-state index in [-0.39, 0.29) is 30.7 Å². The zero-order valence-electron chi connectivity index (χ0n) is 11.9. The third-order valence-corrected chi connectivity index (χ3v) is 5.45. The Morgan fingerprint density at radius 3 is 2.00 bits per heavy atom. The van der Waals surface area contributed by atoms with Crippen molar-refractivity contribution >= 4 is 19.5 Å². The molecule has 3 nitrogen and oxygen atoms in total. The summed E-state index contributed by atoms with van der Waals surface area (Å²) in [6.45, 7) is 10.9. The fraction of sp³-hybridized carbons (Fsp3) is 1.00. The zero-order chi connectivity index (χ0) is 12.3. The summed E-state index contributed by atoms with van der Waals surface area (Å²) in [5.41, 5.74) is 0.190. The summed E-state index contributed by atoms with van der Waals surface area (Å²) in [6, 6.07) is 0. The summed E-state index contributed by atoms with van der Waals surface area (Å²) < 4.78 is 12.3. The minimum absolute atomic E-state index is 0. The molecule has 2 saturated heterocycles. The van der Waals surface area contributed by atoms with Gasteiger partial charge < -0.3 is 14.6 Å². The lowest BCUT2D eigenvalue weighted by Crippen LogP contribution is -2.41. The van der Waals surface area contributed by atoms with Crippen LogP contribution >= 0.6 is 12.4 Å². The zero-order valence-corrected chi connectivity index (χ0v) is 12.7. The van der Waals surface area contributed by atoms with Crippen LogP contribution in [0.4, 0.5) is 0 Å². The van der Waals surface area contributed by atoms with Crippen molar-refractivity contribution in [3.63, 3.8) is 0 Å². The van der Waals surface area contributed by atoms with Crippen LogP contribution < -0.4 is 5.32 Å². The predicted octanol–water partition coefficient (Wildman–Crippen LogP) is 2.64. The van der Waals surface area contributed by atoms with Crippen LogP contribution in [0.1, 0.15) is 47.0 Å². The van der Waals surface area contributed by atoms with Crippen LogP contribution in [0.25, 0.3) is 0 Å². The Kier molecular flexibility index (Phi) is 3.56. The summed E-state index contributed by atoms with van der Waals surface area (Å²) in [4.78, 5) is 0. The highest BCUT2D eigenvalue weighted by Crippen LogP contribution is 2.66. The average molecular weight is 274 g/mol. The van der Waals surface area contributed by atoms with Gasteiger partial charge in [-0.25, -0.2) is 0 Å². The van der Waals surface area contributed by atoms with E-state index < -0.39 is 0 Å². The molecule has 2 aliphatic heterocycles. The summed E-state index contributed by atoms with van der Waals surface area (Å²) in [5.74, 6) is 0.630. The molecule has 3 aliphatic rings. The number of nitrogens with one attached hydrogen (secondary N) is 1. The van der Waals surface area contributed by atoms with Gasteiger partial charge in [0.2, 0.25) is 0 Å². The molecule has 0 radical (unpaired) electrons. The van der Waals surface area contributed by atoms with E-state index in [1.807, 2.05) is 0 Å². The molecule has 0 aromatic rings. The van der Waals surface area contributed by atoms with E-state index in [0.717, 1.165) is 13.1 Å². The first-order valence-corrected chi connectivity index (χ1v) is 6.93. The van der Waals surface area contributed by atoms with Crippen molar-refractivity contribution in [2.75, 3.05) is 13.1 Å². The van der Waals surface area contributed by atoms with Crippen LogP contribution in [0.3, 0.4) is 0 Å². The predicted molar refractivity (Wildman–Crippen MR) is 76.2 cm³/mol. The van der Waals surface area contributed by atoms with Crippen molar-refractivity contribution in [2.45, 2.75) is 64.0 Å². The largest absolute Gasteiger partial charge is 0.461 e. The molecule has 1 saturated carbocycles. The van der Waals surface area contributed by atoms with Crippen LogP contribution in [0.2, 0.25) is 5.82 Å². The Balaban J connectivity index is 0.00000120. The number of piperidine rings is 1. The van der Waals surface area contributed by atoms with Crippen LogP contribution in [0, 0.1) is 5.41 Å². The highest BCUT2D eigenvalue weighted by Gasteiger charge is 2.66. The molecule has 1 unspecified atom stereocenters. The molecule has 0 aromatic carbocycles. The minimum atomic E-state index is -0.172. The first-order chi connectivity index (χ1) is 7.86. The second-order valence-corrected chi connectivity index (χ2v) is 7.05. The molecule has 1 aliphatic carbocycles. The molecule has 0 aromatic heterocycles. The molecule has 1 spiro atoms. The standard InChI is InChI=1S/C13H24BNO2.ClH/c1-11(2)12(3,4)17-14(16-11)10-9-13(10)5-7-15-8-6-13;/h10,15H,5-9H2,1-4H3;1H. The van der Waals surface area contributed by atoms with Crippen molar-refractivity contribution < 1.29 is 9.31 Å². The molecule has 0 bridgehead atoms. The lowest BCUT2D eigenvalue weighted by Gasteiger charge is -2.32. The SMILES string of the molecule is CC1(C)OB(C2CC23CCNCC3)OC1(C)C.Cl. The molecule has 3 rings (SSSR count). The second-order valence-electron chi connectivity index (χ2n) is 7.05. The lowest BCUT2D eigenvalue weighted by atomic mass is 9.74. The van der Waals surface area contributed by atoms with Gasteiger partial charge in [-0.15, -0.1) is 12.4 Å². The smallest absolute Gasteiger partial charge is 0.403 e. The van der Waals surface area contributed by atoms with Gasteiger partial charge in [-0.1, -0.05) is 0 Å². The fourth-order valence-electron chi connectivity index (χ4n) is 3.32. The molecule has 2 heterocycles. The molecular weight excluding hydrogens is 248 g/mol. The molecular formula is C13H25BClNO2. The molecule has 3 fully saturated rings. The van der Waals surface area contributed by atoms with Crippen molar-refractivity contribution in [2.24, 2.45) is 5.41 Å². The molecule has 1 atom stereocenters. The number of rotatable bonds is 1. The van der Waals surface area contributed by atoms with E-state index in [1.165, 1.54) is 19.3 Å². The van der Waals surface area contributed by atoms with Gasteiger partial charge in [-0.3, -0.25) is 0 Å². The second kappa shape index (κ2) is 4.37. The summed E-state index contributed by atoms with van der Waals surface area (Å²) >= 11 is 0. The van der Waals surface area contributed by atoms with E-state index in [4.69, 9.17) is 9.31 Å². The summed E-state index contributed by atoms with van der Waals surface area (Å²) in [7, 11) is 0.0260. The number of hydrogen-bond donors (Lipinski definition) is 1. The van der Waals surface area contributed by atoms with Crippen molar-refractivity contribution in [1.29, 1.82) is 0 Å². The highest BCUT2D eigenvalue weighted by molar-refractivity contribution is 6.49. The van der Waals surface area contributed by atoms with Crippen molar-refractivity contribution in [3.8, 4) is 0 Å². The van der Waals surface area contributed by atoms with Crippen LogP contribution in [-0.4, -0.2) is 31.4 Å². The van der Waals surface area contributed by atoms with E-state index in [0.29, 0.717) is 11.2 Å². The quantitative estimate of drug-likeness (QED) is 0.745. The van der Waals surface area contributed by atoms with Crippen molar-refractivity contribution in [3.05, 3.63) is 0 Å². The molecule has 104 valence electrons. The normalized spacial score (nSPS) is 35.3. The Hall–Kier alpha value is 0.235. The summed E-state index contributed by atoms with van der Waals surface area (Å²) in [5, 5.41) is 3.44. The molecule has 0 amide bonds. The monoisotopic (exact) mass is 273 g/mol. The molecule has 18 heavy (non-hydrogen) atoms. The first-order valence-electron chi connectivity index (χ1n) is 6.93. The van der Waals surface area contributed by atoms with E-state index in [9.17, 15) is 0 Å². The topological polar surface area (TPSA) is 30.5 Å². The summed E-state index contributed by atoms with van der Waals surface area (Å²) in [6.07, 6.45) is 3.88. The lowest BCUT2D eigenvalue weighted by molar-refractivity contribution is 0.00578. The van der Waals surface area contributed by atoms with Crippen LogP contribution in [0.5, 0.6) is 0 Å². The van der Waals surface area contributed by atoms with Gasteiger partial charge in [0.25, 0.3) is 0 Å². The Morgan fingerprint density at radius 2 is 1.50 bits per heavy atom. The fourth-order valence-corrected chi connectivity index (χ4v) is 3.32. The van der Waals surface area contributed by atoms with E-state index in [1.54, 1.807) is 0 Å². The van der Waals surface area contributed by atoms with E-state index in [2.05, 4.69) is 33.0 Å². The third kappa shape index (κ3) is 2.11. The Morgan fingerprint density at radius 1 is 1.00 bits per heavy atom. The minimum Gasteiger partial charge on any atom is -0.403 e. The van der Waals surface area contributed by atoms with Gasteiger partial charge in [-0.05, 0) is 65.5 Å². The highest BCUT2D eigenvalue weighted by atomic mass is 35.5. The van der Waals surface area contributed by atoms with E-state index >= 15 is 0 Å². The van der Waals surface area contributed by atoms with Gasteiger partial charge in [0.15, 0.2) is 0 Å². The molecule has 5 heteroatoms. The van der Waals surface area contributed by atoms with Gasteiger partial charge in [0.1, 0.15) is 0 Å². The maximum atomic E-state index is 6.17. The van der Waals surface area contributed by atoms with Crippen molar-refractivity contribution in [1.82, 2.24) is 5.32 Å². The van der Waals surface area contributed by atoms with Gasteiger partial charge in [0.05, 0.1) is 11.2 Å². The van der Waals surface area contributed by atoms with Gasteiger partial charge in [-0.2, -0.15) is 0 Å². The van der Waals surface area contributed by atoms with Crippen LogP contribution in [0.15, 0.2) is 0 Å². The number of halogens is 1. The third-order valence-electron chi connectivity index (χ3n) is 5.45. The number of hydrogen-bond acceptors (Lipinski definition) is 3. The van der Waals surface area contributed by atoms with Gasteiger partial charge >= 0.3 is 7.12 Å². The van der Waals surface area contributed by atoms with Gasteiger partial charge in [0, 0.05) is 5.82 Å². The van der Waals surface area contributed by atoms with Crippen LogP contribution in [-0.2, 0) is 9.31 Å². The molecule has 1 N–H and O–H groups in total. The average Bonchev–Trinajstić information content (AvgIpc) is 2.85.